The Morgan fingerprint density at radius 1 is 1.07 bits per heavy atom. The third kappa shape index (κ3) is 8.77. The molecule has 3 heterocycles. The average Bonchev–Trinajstić information content (AvgIpc) is 2.98. The van der Waals surface area contributed by atoms with Crippen molar-refractivity contribution in [3.05, 3.63) is 82.5 Å². The number of hydrogen-bond acceptors (Lipinski definition) is 10. The largest absolute Gasteiger partial charge is 0.491 e. The van der Waals surface area contributed by atoms with Crippen molar-refractivity contribution in [2.45, 2.75) is 51.2 Å². The van der Waals surface area contributed by atoms with Crippen LogP contribution in [0.25, 0.3) is 0 Å². The number of amides is 1. The van der Waals surface area contributed by atoms with E-state index in [2.05, 4.69) is 25.3 Å². The molecule has 0 unspecified atom stereocenters. The second kappa shape index (κ2) is 13.8. The van der Waals surface area contributed by atoms with E-state index in [9.17, 15) is 32.3 Å². The lowest BCUT2D eigenvalue weighted by molar-refractivity contribution is -0.202. The maximum Gasteiger partial charge on any atom is 0.491 e. The van der Waals surface area contributed by atoms with Crippen molar-refractivity contribution in [3.8, 4) is 0 Å². The number of halogens is 3. The van der Waals surface area contributed by atoms with Crippen LogP contribution in [0.4, 0.5) is 29.6 Å². The maximum atomic E-state index is 12.9. The molecule has 2 N–H and O–H groups in total. The summed E-state index contributed by atoms with van der Waals surface area (Å²) in [7, 11) is 0. The Morgan fingerprint density at radius 2 is 1.77 bits per heavy atom. The molecule has 1 atom stereocenters. The van der Waals surface area contributed by atoms with Crippen LogP contribution in [0.1, 0.15) is 24.0 Å². The number of piperidine rings is 1. The molecular weight excluding hydrogens is 573 g/mol. The summed E-state index contributed by atoms with van der Waals surface area (Å²) < 4.78 is 48.1. The van der Waals surface area contributed by atoms with E-state index in [0.29, 0.717) is 30.0 Å². The standard InChI is InChI=1S/C28H29F3N6O6/c1-18-15-37(26(40)35-23(18)36-13-10-20(11-14-36)33-22-9-5-6-12-32-22)16-21(24(38)43-25(39)28(29,30)31)34-27(41)42-17-19-7-3-2-4-8-19/h2-9,12,15,20-21H,10-11,13-14,16-17H2,1H3,(H,32,33)(H,34,41)/t21-/m0/s1. The topological polar surface area (TPSA) is 145 Å². The van der Waals surface area contributed by atoms with E-state index >= 15 is 0 Å². The molecule has 0 saturated carbocycles. The van der Waals surface area contributed by atoms with Gasteiger partial charge in [-0.25, -0.2) is 24.2 Å². The van der Waals surface area contributed by atoms with Crippen LogP contribution < -0.4 is 21.2 Å². The van der Waals surface area contributed by atoms with Crippen molar-refractivity contribution >= 4 is 29.7 Å². The molecule has 4 rings (SSSR count). The van der Waals surface area contributed by atoms with Gasteiger partial charge < -0.3 is 25.0 Å². The summed E-state index contributed by atoms with van der Waals surface area (Å²) in [5.41, 5.74) is 0.321. The maximum absolute atomic E-state index is 12.9. The molecule has 43 heavy (non-hydrogen) atoms. The number of esters is 2. The van der Waals surface area contributed by atoms with Crippen molar-refractivity contribution in [2.75, 3.05) is 23.3 Å². The van der Waals surface area contributed by atoms with Gasteiger partial charge in [-0.05, 0) is 37.5 Å². The number of anilines is 2. The normalized spacial score (nSPS) is 14.5. The van der Waals surface area contributed by atoms with Crippen LogP contribution in [0.2, 0.25) is 0 Å². The summed E-state index contributed by atoms with van der Waals surface area (Å²) in [5.74, 6) is -3.31. The minimum atomic E-state index is -5.45. The number of aryl methyl sites for hydroxylation is 1. The van der Waals surface area contributed by atoms with Gasteiger partial charge in [-0.15, -0.1) is 0 Å². The Morgan fingerprint density at radius 3 is 2.42 bits per heavy atom. The number of pyridine rings is 1. The summed E-state index contributed by atoms with van der Waals surface area (Å²) in [6.45, 7) is 1.97. The first kappa shape index (κ1) is 31.0. The minimum Gasteiger partial charge on any atom is -0.445 e. The van der Waals surface area contributed by atoms with E-state index in [1.165, 1.54) is 6.20 Å². The van der Waals surface area contributed by atoms with E-state index in [4.69, 9.17) is 4.74 Å². The van der Waals surface area contributed by atoms with Gasteiger partial charge in [0, 0.05) is 37.1 Å². The van der Waals surface area contributed by atoms with Gasteiger partial charge in [0.2, 0.25) is 0 Å². The van der Waals surface area contributed by atoms with Crippen molar-refractivity contribution in [2.24, 2.45) is 0 Å². The van der Waals surface area contributed by atoms with Gasteiger partial charge in [0.15, 0.2) is 0 Å². The number of alkyl halides is 3. The fraction of sp³-hybridized carbons (Fsp3) is 0.357. The first-order chi connectivity index (χ1) is 20.5. The molecule has 1 amide bonds. The van der Waals surface area contributed by atoms with Crippen LogP contribution in [0.3, 0.4) is 0 Å². The molecule has 228 valence electrons. The zero-order valence-corrected chi connectivity index (χ0v) is 23.0. The summed E-state index contributed by atoms with van der Waals surface area (Å²) >= 11 is 0. The first-order valence-electron chi connectivity index (χ1n) is 13.3. The molecule has 0 spiro atoms. The summed E-state index contributed by atoms with van der Waals surface area (Å²) in [6.07, 6.45) is -2.08. The van der Waals surface area contributed by atoms with Crippen LogP contribution in [0.5, 0.6) is 0 Å². The highest BCUT2D eigenvalue weighted by atomic mass is 19.4. The zero-order chi connectivity index (χ0) is 31.0. The van der Waals surface area contributed by atoms with E-state index in [1.807, 2.05) is 23.1 Å². The lowest BCUT2D eigenvalue weighted by atomic mass is 10.0. The second-order valence-corrected chi connectivity index (χ2v) is 9.77. The molecule has 0 bridgehead atoms. The SMILES string of the molecule is Cc1cn(C[C@H](NC(=O)OCc2ccccc2)C(=O)OC(=O)C(F)(F)F)c(=O)nc1N1CCC(Nc2ccccn2)CC1. The number of hydrogen-bond donors (Lipinski definition) is 2. The van der Waals surface area contributed by atoms with E-state index in [1.54, 1.807) is 43.5 Å². The van der Waals surface area contributed by atoms with Crippen molar-refractivity contribution in [1.29, 1.82) is 0 Å². The third-order valence-electron chi connectivity index (χ3n) is 6.55. The Kier molecular flexibility index (Phi) is 9.95. The molecule has 1 aliphatic rings. The van der Waals surface area contributed by atoms with E-state index in [0.717, 1.165) is 23.2 Å². The number of carbonyl (C=O) groups is 3. The van der Waals surface area contributed by atoms with Crippen LogP contribution in [0, 0.1) is 6.92 Å². The Balaban J connectivity index is 1.44. The molecule has 0 radical (unpaired) electrons. The van der Waals surface area contributed by atoms with Crippen LogP contribution in [-0.4, -0.2) is 63.9 Å². The molecule has 15 heteroatoms. The Bertz CT molecular complexity index is 1480. The highest BCUT2D eigenvalue weighted by Crippen LogP contribution is 2.22. The number of nitrogens with zero attached hydrogens (tertiary/aromatic N) is 4. The van der Waals surface area contributed by atoms with Gasteiger partial charge in [0.1, 0.15) is 24.3 Å². The Hall–Kier alpha value is -4.95. The monoisotopic (exact) mass is 602 g/mol. The summed E-state index contributed by atoms with van der Waals surface area (Å²) in [4.78, 5) is 59.5. The molecule has 1 aliphatic heterocycles. The molecule has 0 aliphatic carbocycles. The first-order valence-corrected chi connectivity index (χ1v) is 13.3. The third-order valence-corrected chi connectivity index (χ3v) is 6.55. The Labute approximate surface area is 243 Å². The fourth-order valence-corrected chi connectivity index (χ4v) is 4.44. The van der Waals surface area contributed by atoms with Gasteiger partial charge in [0.25, 0.3) is 0 Å². The molecule has 1 aromatic carbocycles. The second-order valence-electron chi connectivity index (χ2n) is 9.77. The van der Waals surface area contributed by atoms with Gasteiger partial charge in [-0.3, -0.25) is 4.57 Å². The van der Waals surface area contributed by atoms with Crippen molar-refractivity contribution < 1.29 is 37.0 Å². The lowest BCUT2D eigenvalue weighted by Crippen LogP contribution is -2.48. The molecule has 1 fully saturated rings. The molecule has 3 aromatic rings. The fourth-order valence-electron chi connectivity index (χ4n) is 4.44. The smallest absolute Gasteiger partial charge is 0.445 e. The molecular formula is C28H29F3N6O6. The van der Waals surface area contributed by atoms with Crippen LogP contribution in [0.15, 0.2) is 65.7 Å². The molecule has 12 nitrogen and oxygen atoms in total. The molecule has 2 aromatic heterocycles. The number of benzene rings is 1. The average molecular weight is 603 g/mol. The lowest BCUT2D eigenvalue weighted by Gasteiger charge is -2.34. The highest BCUT2D eigenvalue weighted by Gasteiger charge is 2.43. The van der Waals surface area contributed by atoms with E-state index < -0.39 is 42.5 Å². The van der Waals surface area contributed by atoms with Crippen LogP contribution in [-0.2, 0) is 32.2 Å². The number of alkyl carbamates (subject to hydrolysis) is 1. The van der Waals surface area contributed by atoms with Gasteiger partial charge >= 0.3 is 29.9 Å². The van der Waals surface area contributed by atoms with Crippen molar-refractivity contribution in [3.63, 3.8) is 0 Å². The molecule has 1 saturated heterocycles. The number of rotatable bonds is 9. The number of ether oxygens (including phenoxy) is 2. The number of nitrogens with one attached hydrogen (secondary N) is 2. The minimum absolute atomic E-state index is 0.172. The number of carbonyl (C=O) groups excluding carboxylic acids is 3. The predicted octanol–water partition coefficient (Wildman–Crippen LogP) is 2.95. The summed E-state index contributed by atoms with van der Waals surface area (Å²) in [6, 6.07) is 12.3. The van der Waals surface area contributed by atoms with Gasteiger partial charge in [0.05, 0.1) is 6.54 Å². The zero-order valence-electron chi connectivity index (χ0n) is 23.0. The highest BCUT2D eigenvalue weighted by molar-refractivity contribution is 5.92. The number of aromatic nitrogens is 3. The predicted molar refractivity (Wildman–Crippen MR) is 147 cm³/mol. The summed E-state index contributed by atoms with van der Waals surface area (Å²) in [5, 5.41) is 5.45. The van der Waals surface area contributed by atoms with Crippen molar-refractivity contribution in [1.82, 2.24) is 19.9 Å². The van der Waals surface area contributed by atoms with Gasteiger partial charge in [-0.1, -0.05) is 36.4 Å². The quantitative estimate of drug-likeness (QED) is 0.277. The van der Waals surface area contributed by atoms with Gasteiger partial charge in [-0.2, -0.15) is 18.2 Å². The van der Waals surface area contributed by atoms with E-state index in [-0.39, 0.29) is 12.6 Å². The van der Waals surface area contributed by atoms with Crippen LogP contribution >= 0.6 is 0 Å².